The van der Waals surface area contributed by atoms with Gasteiger partial charge in [0.25, 0.3) is 0 Å². The van der Waals surface area contributed by atoms with E-state index in [2.05, 4.69) is 33.9 Å². The predicted molar refractivity (Wildman–Crippen MR) is 70.0 cm³/mol. The topological polar surface area (TPSA) is 9.23 Å². The van der Waals surface area contributed by atoms with Crippen LogP contribution in [0.4, 0.5) is 0 Å². The van der Waals surface area contributed by atoms with Crippen LogP contribution < -0.4 is 0 Å². The van der Waals surface area contributed by atoms with Crippen molar-refractivity contribution in [1.29, 1.82) is 0 Å². The van der Waals surface area contributed by atoms with Gasteiger partial charge in [-0.3, -0.25) is 0 Å². The van der Waals surface area contributed by atoms with Crippen molar-refractivity contribution in [3.8, 4) is 0 Å². The summed E-state index contributed by atoms with van der Waals surface area (Å²) in [5, 5.41) is 0.272. The molecule has 0 bridgehead atoms. The van der Waals surface area contributed by atoms with Gasteiger partial charge in [0.15, 0.2) is 8.32 Å². The molecule has 1 saturated carbocycles. The number of rotatable bonds is 3. The van der Waals surface area contributed by atoms with Crippen LogP contribution in [0.3, 0.4) is 0 Å². The molecule has 0 heterocycles. The molecule has 0 aromatic rings. The Hall–Kier alpha value is 0.497. The minimum atomic E-state index is -1.61. The third-order valence-corrected chi connectivity index (χ3v) is 8.13. The van der Waals surface area contributed by atoms with Crippen LogP contribution in [0.2, 0.25) is 18.1 Å². The lowest BCUT2D eigenvalue weighted by molar-refractivity contribution is 0.264. The summed E-state index contributed by atoms with van der Waals surface area (Å²) in [5.41, 5.74) is 0. The highest BCUT2D eigenvalue weighted by Gasteiger charge is 2.46. The van der Waals surface area contributed by atoms with Gasteiger partial charge >= 0.3 is 0 Å². The Labute approximate surface area is 104 Å². The van der Waals surface area contributed by atoms with Gasteiger partial charge in [-0.15, -0.1) is 0 Å². The zero-order valence-corrected chi connectivity index (χ0v) is 12.6. The largest absolute Gasteiger partial charge is 0.413 e. The molecular formula is C11H20Cl2OSi. The molecule has 1 rings (SSSR count). The molecule has 88 valence electrons. The Morgan fingerprint density at radius 3 is 2.27 bits per heavy atom. The van der Waals surface area contributed by atoms with Crippen molar-refractivity contribution in [2.24, 2.45) is 5.92 Å². The van der Waals surface area contributed by atoms with Gasteiger partial charge in [0.05, 0.1) is 6.10 Å². The Morgan fingerprint density at radius 1 is 1.33 bits per heavy atom. The molecule has 0 N–H and O–H groups in total. The van der Waals surface area contributed by atoms with Gasteiger partial charge in [0.2, 0.25) is 0 Å². The molecule has 1 aliphatic rings. The van der Waals surface area contributed by atoms with Crippen molar-refractivity contribution < 1.29 is 4.43 Å². The highest BCUT2D eigenvalue weighted by Crippen LogP contribution is 2.44. The van der Waals surface area contributed by atoms with Crippen molar-refractivity contribution in [2.75, 3.05) is 0 Å². The van der Waals surface area contributed by atoms with Crippen molar-refractivity contribution in [2.45, 2.75) is 51.4 Å². The summed E-state index contributed by atoms with van der Waals surface area (Å²) < 4.78 is 6.57. The second-order valence-electron chi connectivity index (χ2n) is 5.77. The SMILES string of the molecule is CC(C)(C)[Si](C)(C)O[C@H]1C[C@H]1C=C(Cl)Cl. The van der Waals surface area contributed by atoms with Crippen molar-refractivity contribution in [3.63, 3.8) is 0 Å². The van der Waals surface area contributed by atoms with E-state index in [9.17, 15) is 0 Å². The van der Waals surface area contributed by atoms with Gasteiger partial charge in [0, 0.05) is 5.92 Å². The number of halogens is 2. The van der Waals surface area contributed by atoms with Gasteiger partial charge in [0.1, 0.15) is 4.49 Å². The van der Waals surface area contributed by atoms with Gasteiger partial charge < -0.3 is 4.43 Å². The minimum Gasteiger partial charge on any atom is -0.413 e. The lowest BCUT2D eigenvalue weighted by atomic mass is 10.2. The molecule has 0 aliphatic heterocycles. The molecule has 1 aliphatic carbocycles. The van der Waals surface area contributed by atoms with Crippen LogP contribution in [-0.4, -0.2) is 14.4 Å². The molecule has 15 heavy (non-hydrogen) atoms. The summed E-state index contributed by atoms with van der Waals surface area (Å²) in [6.45, 7) is 11.3. The molecule has 0 unspecified atom stereocenters. The fraction of sp³-hybridized carbons (Fsp3) is 0.818. The first-order valence-corrected chi connectivity index (χ1v) is 9.00. The van der Waals surface area contributed by atoms with Crippen LogP contribution >= 0.6 is 23.2 Å². The standard InChI is InChI=1S/C11H20Cl2OSi/c1-11(2,3)15(4,5)14-9-6-8(9)7-10(12)13/h7-9H,6H2,1-5H3/t8-,9-/m0/s1. The molecule has 2 atom stereocenters. The first-order chi connectivity index (χ1) is 6.63. The number of hydrogen-bond donors (Lipinski definition) is 0. The normalized spacial score (nSPS) is 26.3. The Morgan fingerprint density at radius 2 is 1.87 bits per heavy atom. The van der Waals surface area contributed by atoms with Crippen LogP contribution in [0.1, 0.15) is 27.2 Å². The lowest BCUT2D eigenvalue weighted by Gasteiger charge is -2.36. The minimum absolute atomic E-state index is 0.272. The van der Waals surface area contributed by atoms with Gasteiger partial charge in [-0.1, -0.05) is 44.0 Å². The fourth-order valence-electron chi connectivity index (χ4n) is 1.22. The third-order valence-electron chi connectivity index (χ3n) is 3.37. The van der Waals surface area contributed by atoms with Crippen molar-refractivity contribution in [1.82, 2.24) is 0 Å². The predicted octanol–water partition coefficient (Wildman–Crippen LogP) is 4.72. The van der Waals surface area contributed by atoms with E-state index in [0.717, 1.165) is 6.42 Å². The molecule has 0 spiro atoms. The molecule has 0 saturated heterocycles. The number of hydrogen-bond acceptors (Lipinski definition) is 1. The summed E-state index contributed by atoms with van der Waals surface area (Å²) in [6, 6.07) is 0. The van der Waals surface area contributed by atoms with E-state index in [4.69, 9.17) is 27.6 Å². The third kappa shape index (κ3) is 3.77. The van der Waals surface area contributed by atoms with E-state index >= 15 is 0 Å². The second kappa shape index (κ2) is 4.40. The van der Waals surface area contributed by atoms with Crippen molar-refractivity contribution in [3.05, 3.63) is 10.6 Å². The van der Waals surface area contributed by atoms with E-state index in [-0.39, 0.29) is 5.04 Å². The first kappa shape index (κ1) is 13.6. The van der Waals surface area contributed by atoms with Gasteiger partial charge in [-0.2, -0.15) is 0 Å². The van der Waals surface area contributed by atoms with E-state index in [1.54, 1.807) is 0 Å². The molecule has 1 nitrogen and oxygen atoms in total. The zero-order chi connectivity index (χ0) is 11.9. The molecule has 0 amide bonds. The Kier molecular flexibility index (Phi) is 3.98. The van der Waals surface area contributed by atoms with E-state index < -0.39 is 8.32 Å². The summed E-state index contributed by atoms with van der Waals surface area (Å²) in [7, 11) is -1.61. The summed E-state index contributed by atoms with van der Waals surface area (Å²) in [4.78, 5) is 0. The second-order valence-corrected chi connectivity index (χ2v) is 11.5. The summed E-state index contributed by atoms with van der Waals surface area (Å²) in [6.07, 6.45) is 3.30. The van der Waals surface area contributed by atoms with E-state index in [0.29, 0.717) is 16.5 Å². The first-order valence-electron chi connectivity index (χ1n) is 5.34. The molecule has 4 heteroatoms. The highest BCUT2D eigenvalue weighted by molar-refractivity contribution is 6.74. The molecule has 0 aromatic heterocycles. The van der Waals surface area contributed by atoms with Gasteiger partial charge in [-0.05, 0) is 30.6 Å². The van der Waals surface area contributed by atoms with Crippen LogP contribution in [0.25, 0.3) is 0 Å². The molecule has 0 aromatic carbocycles. The van der Waals surface area contributed by atoms with Crippen LogP contribution in [0, 0.1) is 5.92 Å². The Balaban J connectivity index is 2.49. The average molecular weight is 267 g/mol. The molecule has 1 fully saturated rings. The quantitative estimate of drug-likeness (QED) is 0.672. The smallest absolute Gasteiger partial charge is 0.192 e. The lowest BCUT2D eigenvalue weighted by Crippen LogP contribution is -2.41. The van der Waals surface area contributed by atoms with Crippen LogP contribution in [0.5, 0.6) is 0 Å². The molecular weight excluding hydrogens is 247 g/mol. The maximum Gasteiger partial charge on any atom is 0.192 e. The zero-order valence-electron chi connectivity index (χ0n) is 10.1. The fourth-order valence-corrected chi connectivity index (χ4v) is 2.92. The van der Waals surface area contributed by atoms with Gasteiger partial charge in [-0.25, -0.2) is 0 Å². The summed E-state index contributed by atoms with van der Waals surface area (Å²) >= 11 is 11.2. The molecule has 0 radical (unpaired) electrons. The monoisotopic (exact) mass is 266 g/mol. The van der Waals surface area contributed by atoms with E-state index in [1.807, 2.05) is 6.08 Å². The van der Waals surface area contributed by atoms with Crippen LogP contribution in [-0.2, 0) is 4.43 Å². The maximum absolute atomic E-state index is 6.20. The summed E-state index contributed by atoms with van der Waals surface area (Å²) in [5.74, 6) is 0.434. The maximum atomic E-state index is 6.20. The average Bonchev–Trinajstić information content (AvgIpc) is 2.62. The van der Waals surface area contributed by atoms with E-state index in [1.165, 1.54) is 0 Å². The van der Waals surface area contributed by atoms with Crippen LogP contribution in [0.15, 0.2) is 10.6 Å². The highest BCUT2D eigenvalue weighted by atomic mass is 35.5. The Bertz CT molecular complexity index is 264. The van der Waals surface area contributed by atoms with Crippen molar-refractivity contribution >= 4 is 31.5 Å².